The number of nitrogens with zero attached hydrogens (tertiary/aromatic N) is 2. The van der Waals surface area contributed by atoms with Gasteiger partial charge in [-0.25, -0.2) is 10.3 Å². The molecule has 1 heterocycles. The Labute approximate surface area is 137 Å². The summed E-state index contributed by atoms with van der Waals surface area (Å²) in [6.45, 7) is 11.7. The van der Waals surface area contributed by atoms with Crippen LogP contribution in [0.2, 0.25) is 0 Å². The molecule has 22 heavy (non-hydrogen) atoms. The van der Waals surface area contributed by atoms with E-state index in [1.54, 1.807) is 5.01 Å². The fraction of sp³-hybridized carbons (Fsp3) is 0.529. The third-order valence-electron chi connectivity index (χ3n) is 4.15. The summed E-state index contributed by atoms with van der Waals surface area (Å²) in [6.07, 6.45) is 2.49. The SMILES string of the molecule is [C-]#[N+]c1ccc(C2CCNN2C(=O)C(C)(C)CCCCl)cc1. The Morgan fingerprint density at radius 1 is 1.45 bits per heavy atom. The molecule has 2 rings (SSSR count). The fourth-order valence-corrected chi connectivity index (χ4v) is 2.94. The molecule has 1 N–H and O–H groups in total. The van der Waals surface area contributed by atoms with E-state index in [4.69, 9.17) is 18.2 Å². The number of carbonyl (C=O) groups excluding carboxylic acids is 1. The lowest BCUT2D eigenvalue weighted by Crippen LogP contribution is -2.46. The smallest absolute Gasteiger partial charge is 0.242 e. The van der Waals surface area contributed by atoms with Crippen molar-refractivity contribution in [2.45, 2.75) is 39.2 Å². The summed E-state index contributed by atoms with van der Waals surface area (Å²) in [5.74, 6) is 0.681. The van der Waals surface area contributed by atoms with Gasteiger partial charge in [0.1, 0.15) is 0 Å². The van der Waals surface area contributed by atoms with Gasteiger partial charge < -0.3 is 0 Å². The number of nitrogens with one attached hydrogen (secondary N) is 1. The van der Waals surface area contributed by atoms with Gasteiger partial charge in [-0.2, -0.15) is 0 Å². The summed E-state index contributed by atoms with van der Waals surface area (Å²) in [5.41, 5.74) is 4.47. The predicted molar refractivity (Wildman–Crippen MR) is 88.6 cm³/mol. The summed E-state index contributed by atoms with van der Waals surface area (Å²) in [4.78, 5) is 16.3. The molecule has 0 bridgehead atoms. The summed E-state index contributed by atoms with van der Waals surface area (Å²) in [7, 11) is 0. The Morgan fingerprint density at radius 2 is 2.14 bits per heavy atom. The fourth-order valence-electron chi connectivity index (χ4n) is 2.80. The molecule has 0 aromatic heterocycles. The summed E-state index contributed by atoms with van der Waals surface area (Å²) in [6, 6.07) is 7.53. The van der Waals surface area contributed by atoms with Crippen LogP contribution in [0.25, 0.3) is 4.85 Å². The van der Waals surface area contributed by atoms with E-state index in [0.717, 1.165) is 31.4 Å². The van der Waals surface area contributed by atoms with E-state index in [9.17, 15) is 4.79 Å². The van der Waals surface area contributed by atoms with Crippen LogP contribution in [0, 0.1) is 12.0 Å². The molecule has 1 atom stereocenters. The number of rotatable bonds is 5. The lowest BCUT2D eigenvalue weighted by atomic mass is 9.86. The van der Waals surface area contributed by atoms with Gasteiger partial charge in [0.15, 0.2) is 5.69 Å². The lowest BCUT2D eigenvalue weighted by molar-refractivity contribution is -0.145. The van der Waals surface area contributed by atoms with E-state index in [-0.39, 0.29) is 11.9 Å². The number of amides is 1. The van der Waals surface area contributed by atoms with Gasteiger partial charge in [0, 0.05) is 17.8 Å². The van der Waals surface area contributed by atoms with Crippen LogP contribution in [0.5, 0.6) is 0 Å². The standard InChI is InChI=1S/C17H22ClN3O/c1-17(2,10-4-11-18)16(22)21-15(9-12-20-21)13-5-7-14(19-3)8-6-13/h5-8,15,20H,4,9-12H2,1-2H3. The molecule has 1 aromatic rings. The van der Waals surface area contributed by atoms with E-state index >= 15 is 0 Å². The van der Waals surface area contributed by atoms with Crippen LogP contribution in [0.1, 0.15) is 44.7 Å². The summed E-state index contributed by atoms with van der Waals surface area (Å²) < 4.78 is 0. The average Bonchev–Trinajstić information content (AvgIpc) is 3.01. The highest BCUT2D eigenvalue weighted by atomic mass is 35.5. The second-order valence-electron chi connectivity index (χ2n) is 6.27. The maximum absolute atomic E-state index is 12.9. The van der Waals surface area contributed by atoms with Crippen molar-refractivity contribution in [2.24, 2.45) is 5.41 Å². The van der Waals surface area contributed by atoms with Gasteiger partial charge in [0.05, 0.1) is 12.6 Å². The zero-order valence-electron chi connectivity index (χ0n) is 13.1. The quantitative estimate of drug-likeness (QED) is 0.656. The summed E-state index contributed by atoms with van der Waals surface area (Å²) >= 11 is 5.76. The molecule has 1 unspecified atom stereocenters. The van der Waals surface area contributed by atoms with E-state index in [1.165, 1.54) is 0 Å². The second-order valence-corrected chi connectivity index (χ2v) is 6.65. The molecule has 1 amide bonds. The van der Waals surface area contributed by atoms with E-state index in [2.05, 4.69) is 10.3 Å². The van der Waals surface area contributed by atoms with Crippen LogP contribution >= 0.6 is 11.6 Å². The van der Waals surface area contributed by atoms with Crippen molar-refractivity contribution in [3.8, 4) is 0 Å². The number of benzene rings is 1. The zero-order valence-corrected chi connectivity index (χ0v) is 13.9. The van der Waals surface area contributed by atoms with Crippen LogP contribution in [-0.2, 0) is 4.79 Å². The third-order valence-corrected chi connectivity index (χ3v) is 4.42. The number of hydrazine groups is 1. The van der Waals surface area contributed by atoms with Crippen molar-refractivity contribution in [1.29, 1.82) is 0 Å². The Hall–Kier alpha value is -1.57. The van der Waals surface area contributed by atoms with Crippen molar-refractivity contribution >= 4 is 23.2 Å². The molecule has 5 heteroatoms. The number of carbonyl (C=O) groups is 1. The number of halogens is 1. The molecule has 1 saturated heterocycles. The molecule has 0 aliphatic carbocycles. The molecular weight excluding hydrogens is 298 g/mol. The van der Waals surface area contributed by atoms with Crippen LogP contribution < -0.4 is 5.43 Å². The van der Waals surface area contributed by atoms with E-state index in [1.807, 2.05) is 38.1 Å². The highest BCUT2D eigenvalue weighted by Gasteiger charge is 2.38. The Bertz CT molecular complexity index is 562. The van der Waals surface area contributed by atoms with Crippen molar-refractivity contribution in [2.75, 3.05) is 12.4 Å². The van der Waals surface area contributed by atoms with Crippen LogP contribution in [0.4, 0.5) is 5.69 Å². The third kappa shape index (κ3) is 3.60. The molecule has 1 aliphatic rings. The maximum atomic E-state index is 12.9. The van der Waals surface area contributed by atoms with Gasteiger partial charge in [-0.15, -0.1) is 11.6 Å². The van der Waals surface area contributed by atoms with Gasteiger partial charge in [-0.3, -0.25) is 9.80 Å². The first-order valence-corrected chi connectivity index (χ1v) is 8.13. The molecule has 1 aromatic carbocycles. The highest BCUT2D eigenvalue weighted by molar-refractivity contribution is 6.17. The average molecular weight is 320 g/mol. The molecule has 118 valence electrons. The number of hydrogen-bond acceptors (Lipinski definition) is 2. The monoisotopic (exact) mass is 319 g/mol. The van der Waals surface area contributed by atoms with Crippen molar-refractivity contribution < 1.29 is 4.79 Å². The highest BCUT2D eigenvalue weighted by Crippen LogP contribution is 2.34. The molecule has 0 saturated carbocycles. The van der Waals surface area contributed by atoms with Crippen molar-refractivity contribution in [3.05, 3.63) is 41.2 Å². The second kappa shape index (κ2) is 7.13. The van der Waals surface area contributed by atoms with Crippen molar-refractivity contribution in [3.63, 3.8) is 0 Å². The molecule has 0 spiro atoms. The Morgan fingerprint density at radius 3 is 2.73 bits per heavy atom. The molecular formula is C17H22ClN3O. The minimum atomic E-state index is -0.430. The van der Waals surface area contributed by atoms with Gasteiger partial charge in [-0.05, 0) is 24.8 Å². The number of hydrogen-bond donors (Lipinski definition) is 1. The van der Waals surface area contributed by atoms with Crippen LogP contribution in [0.15, 0.2) is 24.3 Å². The molecule has 1 aliphatic heterocycles. The maximum Gasteiger partial charge on any atom is 0.242 e. The largest absolute Gasteiger partial charge is 0.273 e. The number of alkyl halides is 1. The van der Waals surface area contributed by atoms with E-state index in [0.29, 0.717) is 11.6 Å². The van der Waals surface area contributed by atoms with Crippen LogP contribution in [-0.4, -0.2) is 23.3 Å². The normalized spacial score (nSPS) is 18.3. The molecule has 1 fully saturated rings. The first-order valence-electron chi connectivity index (χ1n) is 7.60. The molecule has 0 radical (unpaired) electrons. The summed E-state index contributed by atoms with van der Waals surface area (Å²) in [5, 5.41) is 1.76. The topological polar surface area (TPSA) is 36.7 Å². The first-order chi connectivity index (χ1) is 10.5. The zero-order chi connectivity index (χ0) is 16.2. The van der Waals surface area contributed by atoms with Crippen molar-refractivity contribution in [1.82, 2.24) is 10.4 Å². The Balaban J connectivity index is 2.15. The van der Waals surface area contributed by atoms with Gasteiger partial charge in [0.25, 0.3) is 0 Å². The van der Waals surface area contributed by atoms with Gasteiger partial charge in [-0.1, -0.05) is 38.1 Å². The predicted octanol–water partition coefficient (Wildman–Crippen LogP) is 4.06. The lowest BCUT2D eigenvalue weighted by Gasteiger charge is -2.33. The first kappa shape index (κ1) is 16.8. The van der Waals surface area contributed by atoms with E-state index < -0.39 is 5.41 Å². The van der Waals surface area contributed by atoms with Gasteiger partial charge >= 0.3 is 0 Å². The van der Waals surface area contributed by atoms with Gasteiger partial charge in [0.2, 0.25) is 5.91 Å². The minimum absolute atomic E-state index is 0.0301. The minimum Gasteiger partial charge on any atom is -0.273 e. The Kier molecular flexibility index (Phi) is 5.44. The molecule has 4 nitrogen and oxygen atoms in total. The van der Waals surface area contributed by atoms with Crippen LogP contribution in [0.3, 0.4) is 0 Å².